The predicted molar refractivity (Wildman–Crippen MR) is 64.6 cm³/mol. The number of fused-ring (bicyclic) bond motifs is 1. The number of alkyl halides is 1. The van der Waals surface area contributed by atoms with Crippen LogP contribution < -0.4 is 4.74 Å². The van der Waals surface area contributed by atoms with E-state index in [1.165, 1.54) is 0 Å². The summed E-state index contributed by atoms with van der Waals surface area (Å²) in [7, 11) is 0. The molecule has 0 amide bonds. The van der Waals surface area contributed by atoms with Crippen LogP contribution in [-0.4, -0.2) is 6.61 Å². The van der Waals surface area contributed by atoms with E-state index in [1.807, 2.05) is 42.5 Å². The van der Waals surface area contributed by atoms with Gasteiger partial charge in [-0.25, -0.2) is 0 Å². The Morgan fingerprint density at radius 3 is 2.75 bits per heavy atom. The summed E-state index contributed by atoms with van der Waals surface area (Å²) in [4.78, 5) is 0. The molecule has 0 unspecified atom stereocenters. The smallest absolute Gasteiger partial charge is 0.174 e. The third-order valence-corrected chi connectivity index (χ3v) is 2.69. The average Bonchev–Trinajstić information content (AvgIpc) is 2.35. The Balaban J connectivity index is 2.55. The highest BCUT2D eigenvalue weighted by molar-refractivity contribution is 6.18. The predicted octanol–water partition coefficient (Wildman–Crippen LogP) is 3.48. The van der Waals surface area contributed by atoms with Gasteiger partial charge in [-0.1, -0.05) is 30.3 Å². The van der Waals surface area contributed by atoms with E-state index < -0.39 is 0 Å². The minimum atomic E-state index is 0.0439. The fourth-order valence-electron chi connectivity index (χ4n) is 1.70. The number of nitriles is 1. The molecule has 0 saturated heterocycles. The van der Waals surface area contributed by atoms with E-state index in [-0.39, 0.29) is 6.61 Å². The molecule has 2 aromatic rings. The molecule has 0 N–H and O–H groups in total. The number of nitrogens with zero attached hydrogens (tertiary/aromatic N) is 1. The lowest BCUT2D eigenvalue weighted by molar-refractivity contribution is 0.366. The molecule has 0 bridgehead atoms. The van der Waals surface area contributed by atoms with Crippen LogP contribution in [0.4, 0.5) is 0 Å². The number of hydrogen-bond acceptors (Lipinski definition) is 2. The largest absolute Gasteiger partial charge is 0.478 e. The van der Waals surface area contributed by atoms with Gasteiger partial charge in [0.1, 0.15) is 11.8 Å². The standard InChI is InChI=1S/C13H10ClNO/c14-9-12-11-4-2-1-3-10(11)5-6-13(12)16-8-7-15/h1-6H,8-9H2. The molecule has 0 aliphatic heterocycles. The third-order valence-electron chi connectivity index (χ3n) is 2.42. The first-order valence-corrected chi connectivity index (χ1v) is 5.46. The van der Waals surface area contributed by atoms with Crippen LogP contribution in [0.5, 0.6) is 5.75 Å². The van der Waals surface area contributed by atoms with Gasteiger partial charge in [-0.05, 0) is 16.8 Å². The van der Waals surface area contributed by atoms with Gasteiger partial charge in [-0.3, -0.25) is 0 Å². The maximum absolute atomic E-state index is 8.50. The van der Waals surface area contributed by atoms with Crippen molar-refractivity contribution in [2.24, 2.45) is 0 Å². The molecular weight excluding hydrogens is 222 g/mol. The second-order valence-electron chi connectivity index (χ2n) is 3.34. The van der Waals surface area contributed by atoms with Crippen molar-refractivity contribution in [3.8, 4) is 11.8 Å². The van der Waals surface area contributed by atoms with Gasteiger partial charge in [0, 0.05) is 5.56 Å². The lowest BCUT2D eigenvalue weighted by atomic mass is 10.0. The normalized spacial score (nSPS) is 10.0. The SMILES string of the molecule is N#CCOc1ccc2ccccc2c1CCl. The van der Waals surface area contributed by atoms with Crippen molar-refractivity contribution in [2.45, 2.75) is 5.88 Å². The molecule has 0 spiro atoms. The monoisotopic (exact) mass is 231 g/mol. The van der Waals surface area contributed by atoms with Gasteiger partial charge in [0.05, 0.1) is 5.88 Å². The Kier molecular flexibility index (Phi) is 3.28. The Morgan fingerprint density at radius 2 is 2.00 bits per heavy atom. The summed E-state index contributed by atoms with van der Waals surface area (Å²) < 4.78 is 5.34. The topological polar surface area (TPSA) is 33.0 Å². The fourth-order valence-corrected chi connectivity index (χ4v) is 1.97. The van der Waals surface area contributed by atoms with E-state index in [0.29, 0.717) is 11.6 Å². The zero-order valence-corrected chi connectivity index (χ0v) is 9.37. The number of hydrogen-bond donors (Lipinski definition) is 0. The van der Waals surface area contributed by atoms with Crippen molar-refractivity contribution in [2.75, 3.05) is 6.61 Å². The highest BCUT2D eigenvalue weighted by atomic mass is 35.5. The summed E-state index contributed by atoms with van der Waals surface area (Å²) in [5.74, 6) is 1.07. The number of rotatable bonds is 3. The van der Waals surface area contributed by atoms with Crippen LogP contribution in [0.25, 0.3) is 10.8 Å². The van der Waals surface area contributed by atoms with Gasteiger partial charge in [0.15, 0.2) is 6.61 Å². The highest BCUT2D eigenvalue weighted by Gasteiger charge is 2.07. The lowest BCUT2D eigenvalue weighted by Gasteiger charge is -2.10. The molecule has 0 saturated carbocycles. The Morgan fingerprint density at radius 1 is 1.19 bits per heavy atom. The molecule has 2 nitrogen and oxygen atoms in total. The van der Waals surface area contributed by atoms with Crippen molar-refractivity contribution in [1.82, 2.24) is 0 Å². The van der Waals surface area contributed by atoms with Crippen molar-refractivity contribution in [3.05, 3.63) is 42.0 Å². The molecule has 16 heavy (non-hydrogen) atoms. The van der Waals surface area contributed by atoms with E-state index in [4.69, 9.17) is 21.6 Å². The van der Waals surface area contributed by atoms with Gasteiger partial charge in [0.25, 0.3) is 0 Å². The van der Waals surface area contributed by atoms with Crippen LogP contribution in [-0.2, 0) is 5.88 Å². The number of halogens is 1. The van der Waals surface area contributed by atoms with Crippen molar-refractivity contribution < 1.29 is 4.74 Å². The van der Waals surface area contributed by atoms with Gasteiger partial charge in [-0.15, -0.1) is 11.6 Å². The minimum Gasteiger partial charge on any atom is -0.478 e. The first-order chi connectivity index (χ1) is 7.86. The van der Waals surface area contributed by atoms with Crippen LogP contribution in [0, 0.1) is 11.3 Å². The summed E-state index contributed by atoms with van der Waals surface area (Å²) in [6, 6.07) is 13.8. The van der Waals surface area contributed by atoms with Crippen LogP contribution in [0.3, 0.4) is 0 Å². The molecule has 2 aromatic carbocycles. The molecule has 0 aromatic heterocycles. The molecule has 0 radical (unpaired) electrons. The van der Waals surface area contributed by atoms with Crippen molar-refractivity contribution in [3.63, 3.8) is 0 Å². The van der Waals surface area contributed by atoms with Crippen LogP contribution in [0.1, 0.15) is 5.56 Å². The van der Waals surface area contributed by atoms with Gasteiger partial charge in [-0.2, -0.15) is 5.26 Å². The lowest BCUT2D eigenvalue weighted by Crippen LogP contribution is -1.97. The maximum Gasteiger partial charge on any atom is 0.174 e. The fraction of sp³-hybridized carbons (Fsp3) is 0.154. The van der Waals surface area contributed by atoms with E-state index in [2.05, 4.69) is 0 Å². The zero-order chi connectivity index (χ0) is 11.4. The van der Waals surface area contributed by atoms with Gasteiger partial charge in [0.2, 0.25) is 0 Å². The third kappa shape index (κ3) is 1.95. The maximum atomic E-state index is 8.50. The van der Waals surface area contributed by atoms with Crippen LogP contribution in [0.15, 0.2) is 36.4 Å². The first kappa shape index (κ1) is 10.8. The quantitative estimate of drug-likeness (QED) is 0.758. The molecule has 0 fully saturated rings. The van der Waals surface area contributed by atoms with Crippen molar-refractivity contribution >= 4 is 22.4 Å². The van der Waals surface area contributed by atoms with Crippen LogP contribution in [0.2, 0.25) is 0 Å². The molecule has 2 rings (SSSR count). The second kappa shape index (κ2) is 4.87. The molecule has 0 aliphatic rings. The minimum absolute atomic E-state index is 0.0439. The van der Waals surface area contributed by atoms with Gasteiger partial charge >= 0.3 is 0 Å². The van der Waals surface area contributed by atoms with Gasteiger partial charge < -0.3 is 4.74 Å². The Bertz CT molecular complexity index is 545. The van der Waals surface area contributed by atoms with Crippen LogP contribution >= 0.6 is 11.6 Å². The summed E-state index contributed by atoms with van der Waals surface area (Å²) in [6.07, 6.45) is 0. The highest BCUT2D eigenvalue weighted by Crippen LogP contribution is 2.29. The summed E-state index contributed by atoms with van der Waals surface area (Å²) in [5.41, 5.74) is 0.940. The van der Waals surface area contributed by atoms with E-state index in [0.717, 1.165) is 16.3 Å². The summed E-state index contributed by atoms with van der Waals surface area (Å²) in [5, 5.41) is 10.7. The van der Waals surface area contributed by atoms with Crippen molar-refractivity contribution in [1.29, 1.82) is 5.26 Å². The molecule has 3 heteroatoms. The average molecular weight is 232 g/mol. The summed E-state index contributed by atoms with van der Waals surface area (Å²) in [6.45, 7) is 0.0439. The molecule has 0 heterocycles. The van der Waals surface area contributed by atoms with E-state index >= 15 is 0 Å². The molecule has 0 atom stereocenters. The number of ether oxygens (including phenoxy) is 1. The van der Waals surface area contributed by atoms with E-state index in [9.17, 15) is 0 Å². The molecular formula is C13H10ClNO. The molecule has 80 valence electrons. The summed E-state index contributed by atoms with van der Waals surface area (Å²) >= 11 is 5.93. The first-order valence-electron chi connectivity index (χ1n) is 4.93. The van der Waals surface area contributed by atoms with E-state index in [1.54, 1.807) is 0 Å². The zero-order valence-electron chi connectivity index (χ0n) is 8.61. The Labute approximate surface area is 99.0 Å². The number of benzene rings is 2. The molecule has 0 aliphatic carbocycles. The Hall–Kier alpha value is -1.72. The second-order valence-corrected chi connectivity index (χ2v) is 3.61.